The molecule has 6 nitrogen and oxygen atoms in total. The second-order valence-corrected chi connectivity index (χ2v) is 2.75. The lowest BCUT2D eigenvalue weighted by molar-refractivity contribution is -0.0170. The third-order valence-electron chi connectivity index (χ3n) is 1.97. The molecule has 1 rings (SSSR count). The van der Waals surface area contributed by atoms with Crippen LogP contribution in [0.4, 0.5) is 0 Å². The molecule has 0 radical (unpaired) electrons. The SMILES string of the molecule is CC1O[C@H](CO)[C@H](O)C1N=[N+]=[N-]. The Balaban J connectivity index is 2.69. The zero-order valence-electron chi connectivity index (χ0n) is 6.66. The molecular weight excluding hydrogens is 162 g/mol. The van der Waals surface area contributed by atoms with Gasteiger partial charge in [0.2, 0.25) is 0 Å². The number of hydrogen-bond donors (Lipinski definition) is 2. The molecule has 0 aromatic rings. The summed E-state index contributed by atoms with van der Waals surface area (Å²) in [6.07, 6.45) is -1.87. The van der Waals surface area contributed by atoms with Gasteiger partial charge in [-0.1, -0.05) is 5.11 Å². The van der Waals surface area contributed by atoms with Crippen LogP contribution in [0.1, 0.15) is 6.92 Å². The minimum atomic E-state index is -0.902. The summed E-state index contributed by atoms with van der Waals surface area (Å²) in [4.78, 5) is 2.59. The van der Waals surface area contributed by atoms with Crippen molar-refractivity contribution in [3.8, 4) is 0 Å². The van der Waals surface area contributed by atoms with E-state index in [1.54, 1.807) is 6.92 Å². The lowest BCUT2D eigenvalue weighted by Gasteiger charge is -2.10. The maximum Gasteiger partial charge on any atom is 0.107 e. The van der Waals surface area contributed by atoms with Crippen LogP contribution in [0.3, 0.4) is 0 Å². The van der Waals surface area contributed by atoms with Crippen molar-refractivity contribution in [2.45, 2.75) is 31.3 Å². The zero-order chi connectivity index (χ0) is 9.14. The standard InChI is InChI=1S/C6H11N3O3/c1-3-5(8-9-7)6(11)4(2-10)12-3/h3-6,10-11H,2H2,1H3/t3?,4-,5?,6+/m1/s1. The quantitative estimate of drug-likeness (QED) is 0.344. The average molecular weight is 173 g/mol. The number of ether oxygens (including phenoxy) is 1. The number of aliphatic hydroxyl groups excluding tert-OH is 2. The number of aliphatic hydroxyl groups is 2. The Kier molecular flexibility index (Phi) is 2.88. The van der Waals surface area contributed by atoms with Crippen molar-refractivity contribution in [1.29, 1.82) is 0 Å². The van der Waals surface area contributed by atoms with Crippen LogP contribution >= 0.6 is 0 Å². The summed E-state index contributed by atoms with van der Waals surface area (Å²) in [5.41, 5.74) is 8.15. The van der Waals surface area contributed by atoms with Gasteiger partial charge in [0.1, 0.15) is 6.10 Å². The predicted molar refractivity (Wildman–Crippen MR) is 40.4 cm³/mol. The van der Waals surface area contributed by atoms with E-state index in [2.05, 4.69) is 10.0 Å². The first-order valence-corrected chi connectivity index (χ1v) is 3.69. The average Bonchev–Trinajstić information content (AvgIpc) is 2.32. The Bertz CT molecular complexity index is 204. The summed E-state index contributed by atoms with van der Waals surface area (Å²) >= 11 is 0. The van der Waals surface area contributed by atoms with Crippen LogP contribution in [-0.2, 0) is 4.74 Å². The maximum atomic E-state index is 9.40. The molecule has 1 aliphatic rings. The van der Waals surface area contributed by atoms with Crippen molar-refractivity contribution in [3.05, 3.63) is 10.4 Å². The molecule has 1 fully saturated rings. The summed E-state index contributed by atoms with van der Waals surface area (Å²) in [6, 6.07) is -0.591. The summed E-state index contributed by atoms with van der Waals surface area (Å²) < 4.78 is 5.12. The van der Waals surface area contributed by atoms with Crippen LogP contribution in [0.5, 0.6) is 0 Å². The lowest BCUT2D eigenvalue weighted by atomic mass is 10.1. The molecule has 0 aromatic carbocycles. The largest absolute Gasteiger partial charge is 0.394 e. The molecule has 0 bridgehead atoms. The minimum Gasteiger partial charge on any atom is -0.394 e. The van der Waals surface area contributed by atoms with Gasteiger partial charge in [-0.05, 0) is 12.5 Å². The molecule has 0 saturated carbocycles. The van der Waals surface area contributed by atoms with Crippen LogP contribution in [0.25, 0.3) is 10.4 Å². The van der Waals surface area contributed by atoms with Crippen LogP contribution in [0.2, 0.25) is 0 Å². The van der Waals surface area contributed by atoms with E-state index >= 15 is 0 Å². The molecule has 1 saturated heterocycles. The minimum absolute atomic E-state index is 0.261. The molecule has 12 heavy (non-hydrogen) atoms. The first kappa shape index (κ1) is 9.28. The molecule has 1 aliphatic heterocycles. The van der Waals surface area contributed by atoms with Gasteiger partial charge in [0, 0.05) is 4.91 Å². The fourth-order valence-corrected chi connectivity index (χ4v) is 1.31. The maximum absolute atomic E-state index is 9.40. The second kappa shape index (κ2) is 3.73. The molecule has 6 heteroatoms. The topological polar surface area (TPSA) is 98.5 Å². The Morgan fingerprint density at radius 3 is 2.75 bits per heavy atom. The molecule has 4 atom stereocenters. The van der Waals surface area contributed by atoms with E-state index in [0.29, 0.717) is 0 Å². The van der Waals surface area contributed by atoms with Crippen LogP contribution in [0, 0.1) is 0 Å². The Morgan fingerprint density at radius 1 is 1.67 bits per heavy atom. The summed E-state index contributed by atoms with van der Waals surface area (Å²) in [5, 5.41) is 21.5. The molecule has 0 aliphatic carbocycles. The third-order valence-corrected chi connectivity index (χ3v) is 1.97. The fraction of sp³-hybridized carbons (Fsp3) is 1.00. The Hall–Kier alpha value is -0.810. The van der Waals surface area contributed by atoms with Gasteiger partial charge >= 0.3 is 0 Å². The van der Waals surface area contributed by atoms with Gasteiger partial charge < -0.3 is 14.9 Å². The summed E-state index contributed by atoms with van der Waals surface area (Å²) in [5.74, 6) is 0. The van der Waals surface area contributed by atoms with E-state index < -0.39 is 18.2 Å². The lowest BCUT2D eigenvalue weighted by Crippen LogP contribution is -2.31. The van der Waals surface area contributed by atoms with Gasteiger partial charge in [-0.15, -0.1) is 0 Å². The van der Waals surface area contributed by atoms with Gasteiger partial charge in [-0.25, -0.2) is 0 Å². The zero-order valence-corrected chi connectivity index (χ0v) is 6.66. The number of nitrogens with zero attached hydrogens (tertiary/aromatic N) is 3. The van der Waals surface area contributed by atoms with E-state index in [4.69, 9.17) is 15.4 Å². The summed E-state index contributed by atoms with van der Waals surface area (Å²) in [7, 11) is 0. The van der Waals surface area contributed by atoms with Crippen molar-refractivity contribution in [3.63, 3.8) is 0 Å². The fourth-order valence-electron chi connectivity index (χ4n) is 1.31. The van der Waals surface area contributed by atoms with Crippen molar-refractivity contribution in [2.75, 3.05) is 6.61 Å². The van der Waals surface area contributed by atoms with E-state index in [1.165, 1.54) is 0 Å². The molecule has 0 amide bonds. The van der Waals surface area contributed by atoms with Crippen LogP contribution in [-0.4, -0.2) is 41.2 Å². The van der Waals surface area contributed by atoms with Crippen molar-refractivity contribution < 1.29 is 14.9 Å². The summed E-state index contributed by atoms with van der Waals surface area (Å²) in [6.45, 7) is 1.43. The second-order valence-electron chi connectivity index (χ2n) is 2.75. The van der Waals surface area contributed by atoms with E-state index in [9.17, 15) is 5.11 Å². The van der Waals surface area contributed by atoms with Crippen molar-refractivity contribution in [2.24, 2.45) is 5.11 Å². The van der Waals surface area contributed by atoms with Gasteiger partial charge in [0.05, 0.1) is 24.9 Å². The molecule has 68 valence electrons. The Morgan fingerprint density at radius 2 is 2.33 bits per heavy atom. The van der Waals surface area contributed by atoms with Crippen molar-refractivity contribution >= 4 is 0 Å². The van der Waals surface area contributed by atoms with E-state index in [0.717, 1.165) is 0 Å². The van der Waals surface area contributed by atoms with E-state index in [-0.39, 0.29) is 12.7 Å². The van der Waals surface area contributed by atoms with Crippen molar-refractivity contribution in [1.82, 2.24) is 0 Å². The van der Waals surface area contributed by atoms with E-state index in [1.807, 2.05) is 0 Å². The first-order chi connectivity index (χ1) is 5.70. The normalized spacial score (nSPS) is 40.9. The van der Waals surface area contributed by atoms with Crippen LogP contribution in [0.15, 0.2) is 5.11 Å². The molecule has 0 spiro atoms. The van der Waals surface area contributed by atoms with Gasteiger partial charge in [-0.2, -0.15) is 0 Å². The molecule has 0 aromatic heterocycles. The smallest absolute Gasteiger partial charge is 0.107 e. The highest BCUT2D eigenvalue weighted by molar-refractivity contribution is 4.93. The van der Waals surface area contributed by atoms with Gasteiger partial charge in [0.25, 0.3) is 0 Å². The van der Waals surface area contributed by atoms with Gasteiger partial charge in [0.15, 0.2) is 0 Å². The highest BCUT2D eigenvalue weighted by Crippen LogP contribution is 2.23. The molecule has 1 heterocycles. The highest BCUT2D eigenvalue weighted by atomic mass is 16.5. The predicted octanol–water partition coefficient (Wildman–Crippen LogP) is -0.194. The number of azide groups is 1. The third kappa shape index (κ3) is 1.51. The molecule has 2 unspecified atom stereocenters. The van der Waals surface area contributed by atoms with Crippen LogP contribution < -0.4 is 0 Å². The molecular formula is C6H11N3O3. The molecule has 2 N–H and O–H groups in total. The Labute approximate surface area is 69.4 Å². The number of hydrogen-bond acceptors (Lipinski definition) is 4. The monoisotopic (exact) mass is 173 g/mol. The first-order valence-electron chi connectivity index (χ1n) is 3.69. The highest BCUT2D eigenvalue weighted by Gasteiger charge is 2.40. The number of rotatable bonds is 2. The van der Waals surface area contributed by atoms with Gasteiger partial charge in [-0.3, -0.25) is 0 Å².